The molecule has 7 heteroatoms. The minimum atomic E-state index is -3.66. The molecule has 0 aliphatic carbocycles. The normalized spacial score (nSPS) is 11.3. The zero-order valence-electron chi connectivity index (χ0n) is 8.62. The number of aromatic hydroxyl groups is 1. The van der Waals surface area contributed by atoms with E-state index < -0.39 is 10.0 Å². The van der Waals surface area contributed by atoms with E-state index in [0.717, 1.165) is 0 Å². The summed E-state index contributed by atoms with van der Waals surface area (Å²) in [6.07, 6.45) is 0. The van der Waals surface area contributed by atoms with Crippen molar-refractivity contribution in [2.24, 2.45) is 0 Å². The molecule has 1 aromatic heterocycles. The van der Waals surface area contributed by atoms with Crippen LogP contribution in [0.1, 0.15) is 0 Å². The third-order valence-corrected chi connectivity index (χ3v) is 4.14. The van der Waals surface area contributed by atoms with E-state index in [9.17, 15) is 13.5 Å². The Morgan fingerprint density at radius 1 is 1.29 bits per heavy atom. The fourth-order valence-corrected chi connectivity index (χ4v) is 2.98. The van der Waals surface area contributed by atoms with Gasteiger partial charge in [-0.05, 0) is 29.6 Å². The van der Waals surface area contributed by atoms with E-state index in [-0.39, 0.29) is 16.3 Å². The molecule has 1 heterocycles. The molecule has 0 saturated heterocycles. The van der Waals surface area contributed by atoms with Crippen molar-refractivity contribution in [2.75, 3.05) is 10.5 Å². The summed E-state index contributed by atoms with van der Waals surface area (Å²) in [7, 11) is -3.66. The summed E-state index contributed by atoms with van der Waals surface area (Å²) in [5, 5.41) is 12.7. The molecule has 0 unspecified atom stereocenters. The molecular weight excluding hydrogens is 260 g/mol. The molecule has 0 spiro atoms. The van der Waals surface area contributed by atoms with E-state index in [4.69, 9.17) is 5.73 Å². The van der Waals surface area contributed by atoms with Gasteiger partial charge in [-0.3, -0.25) is 4.72 Å². The third-order valence-electron chi connectivity index (χ3n) is 2.08. The van der Waals surface area contributed by atoms with Gasteiger partial charge in [0.1, 0.15) is 5.75 Å². The smallest absolute Gasteiger partial charge is 0.261 e. The second kappa shape index (κ2) is 4.27. The van der Waals surface area contributed by atoms with E-state index in [1.165, 1.54) is 29.5 Å². The minimum Gasteiger partial charge on any atom is -0.506 e. The van der Waals surface area contributed by atoms with Crippen LogP contribution in [0.5, 0.6) is 5.75 Å². The number of phenolic OH excluding ortho intramolecular Hbond substituents is 1. The van der Waals surface area contributed by atoms with Crippen molar-refractivity contribution in [1.82, 2.24) is 0 Å². The van der Waals surface area contributed by atoms with Crippen LogP contribution < -0.4 is 10.5 Å². The predicted molar refractivity (Wildman–Crippen MR) is 67.6 cm³/mol. The first-order chi connectivity index (χ1) is 7.99. The van der Waals surface area contributed by atoms with Crippen LogP contribution in [-0.2, 0) is 10.0 Å². The van der Waals surface area contributed by atoms with E-state index in [1.807, 2.05) is 0 Å². The van der Waals surface area contributed by atoms with Crippen molar-refractivity contribution >= 4 is 32.7 Å². The molecule has 0 atom stereocenters. The Morgan fingerprint density at radius 2 is 2.06 bits per heavy atom. The van der Waals surface area contributed by atoms with Gasteiger partial charge in [0.2, 0.25) is 0 Å². The molecule has 0 saturated carbocycles. The molecule has 0 radical (unpaired) electrons. The van der Waals surface area contributed by atoms with Crippen molar-refractivity contribution in [3.05, 3.63) is 35.0 Å². The van der Waals surface area contributed by atoms with Gasteiger partial charge in [0.15, 0.2) is 0 Å². The lowest BCUT2D eigenvalue weighted by atomic mass is 10.3. The lowest BCUT2D eigenvalue weighted by molar-refractivity contribution is 0.477. The number of anilines is 2. The number of nitrogens with one attached hydrogen (secondary N) is 1. The summed E-state index contributed by atoms with van der Waals surface area (Å²) in [6, 6.07) is 5.41. The number of nitrogen functional groups attached to an aromatic ring is 1. The van der Waals surface area contributed by atoms with Crippen LogP contribution in [0.3, 0.4) is 0 Å². The number of rotatable bonds is 3. The molecule has 0 amide bonds. The minimum absolute atomic E-state index is 0.0130. The Balaban J connectivity index is 2.35. The highest BCUT2D eigenvalue weighted by Crippen LogP contribution is 2.25. The third kappa shape index (κ3) is 2.51. The topological polar surface area (TPSA) is 92.4 Å². The van der Waals surface area contributed by atoms with Crippen molar-refractivity contribution in [1.29, 1.82) is 0 Å². The zero-order valence-corrected chi connectivity index (χ0v) is 10.3. The molecule has 0 aliphatic heterocycles. The molecule has 2 rings (SSSR count). The number of sulfonamides is 1. The highest BCUT2D eigenvalue weighted by Gasteiger charge is 2.15. The second-order valence-corrected chi connectivity index (χ2v) is 5.80. The van der Waals surface area contributed by atoms with Crippen molar-refractivity contribution in [2.45, 2.75) is 4.90 Å². The van der Waals surface area contributed by atoms with Gasteiger partial charge in [0.25, 0.3) is 10.0 Å². The standard InChI is InChI=1S/C10H10N2O3S2/c11-9-5-8(1-2-10(9)13)17(14,15)12-7-3-4-16-6-7/h1-6,12-13H,11H2. The van der Waals surface area contributed by atoms with Crippen LogP contribution >= 0.6 is 11.3 Å². The molecule has 4 N–H and O–H groups in total. The van der Waals surface area contributed by atoms with Gasteiger partial charge in [-0.1, -0.05) is 0 Å². The van der Waals surface area contributed by atoms with Crippen LogP contribution in [0.15, 0.2) is 39.9 Å². The maximum Gasteiger partial charge on any atom is 0.261 e. The SMILES string of the molecule is Nc1cc(S(=O)(=O)Nc2ccsc2)ccc1O. The first-order valence-electron chi connectivity index (χ1n) is 4.62. The number of nitrogens with two attached hydrogens (primary N) is 1. The van der Waals surface area contributed by atoms with E-state index in [2.05, 4.69) is 4.72 Å². The fourth-order valence-electron chi connectivity index (χ4n) is 1.24. The maximum atomic E-state index is 11.9. The first kappa shape index (κ1) is 11.7. The number of hydrogen-bond donors (Lipinski definition) is 3. The summed E-state index contributed by atoms with van der Waals surface area (Å²) in [5.41, 5.74) is 5.98. The van der Waals surface area contributed by atoms with Gasteiger partial charge in [-0.25, -0.2) is 8.42 Å². The Labute approximate surface area is 103 Å². The molecule has 90 valence electrons. The van der Waals surface area contributed by atoms with Gasteiger partial charge in [0.05, 0.1) is 16.3 Å². The molecule has 0 bridgehead atoms. The average Bonchev–Trinajstić information content (AvgIpc) is 2.73. The van der Waals surface area contributed by atoms with Crippen LogP contribution in [-0.4, -0.2) is 13.5 Å². The number of thiophene rings is 1. The summed E-state index contributed by atoms with van der Waals surface area (Å²) >= 11 is 1.39. The number of hydrogen-bond acceptors (Lipinski definition) is 5. The van der Waals surface area contributed by atoms with E-state index in [1.54, 1.807) is 16.8 Å². The molecule has 0 fully saturated rings. The number of benzene rings is 1. The van der Waals surface area contributed by atoms with Crippen molar-refractivity contribution in [3.8, 4) is 5.75 Å². The quantitative estimate of drug-likeness (QED) is 0.586. The molecule has 1 aromatic carbocycles. The summed E-state index contributed by atoms with van der Waals surface area (Å²) in [6.45, 7) is 0. The molecule has 2 aromatic rings. The highest BCUT2D eigenvalue weighted by atomic mass is 32.2. The van der Waals surface area contributed by atoms with Crippen molar-refractivity contribution < 1.29 is 13.5 Å². The zero-order chi connectivity index (χ0) is 12.5. The Kier molecular flexibility index (Phi) is 2.95. The predicted octanol–water partition coefficient (Wildman–Crippen LogP) is 1.84. The number of phenols is 1. The van der Waals surface area contributed by atoms with Crippen LogP contribution in [0.2, 0.25) is 0 Å². The van der Waals surface area contributed by atoms with Gasteiger partial charge in [-0.15, -0.1) is 0 Å². The molecule has 0 aliphatic rings. The lowest BCUT2D eigenvalue weighted by Gasteiger charge is -2.07. The maximum absolute atomic E-state index is 11.9. The summed E-state index contributed by atoms with van der Waals surface area (Å²) < 4.78 is 26.2. The Hall–Kier alpha value is -1.73. The highest BCUT2D eigenvalue weighted by molar-refractivity contribution is 7.92. The fraction of sp³-hybridized carbons (Fsp3) is 0. The summed E-state index contributed by atoms with van der Waals surface area (Å²) in [5.74, 6) is -0.139. The first-order valence-corrected chi connectivity index (χ1v) is 7.05. The Bertz CT molecular complexity index is 621. The van der Waals surface area contributed by atoms with Gasteiger partial charge >= 0.3 is 0 Å². The van der Waals surface area contributed by atoms with Crippen LogP contribution in [0.4, 0.5) is 11.4 Å². The second-order valence-electron chi connectivity index (χ2n) is 3.34. The monoisotopic (exact) mass is 270 g/mol. The molecular formula is C10H10N2O3S2. The lowest BCUT2D eigenvalue weighted by Crippen LogP contribution is -2.12. The van der Waals surface area contributed by atoms with Crippen molar-refractivity contribution in [3.63, 3.8) is 0 Å². The van der Waals surface area contributed by atoms with Gasteiger partial charge in [0, 0.05) is 5.38 Å². The largest absolute Gasteiger partial charge is 0.506 e. The van der Waals surface area contributed by atoms with Gasteiger partial charge in [-0.2, -0.15) is 11.3 Å². The molecule has 5 nitrogen and oxygen atoms in total. The summed E-state index contributed by atoms with van der Waals surface area (Å²) in [4.78, 5) is 0.0130. The molecule has 17 heavy (non-hydrogen) atoms. The van der Waals surface area contributed by atoms with E-state index in [0.29, 0.717) is 5.69 Å². The van der Waals surface area contributed by atoms with Crippen LogP contribution in [0.25, 0.3) is 0 Å². The van der Waals surface area contributed by atoms with Crippen LogP contribution in [0, 0.1) is 0 Å². The Morgan fingerprint density at radius 3 is 2.65 bits per heavy atom. The van der Waals surface area contributed by atoms with Gasteiger partial charge < -0.3 is 10.8 Å². The average molecular weight is 270 g/mol. The van der Waals surface area contributed by atoms with E-state index >= 15 is 0 Å².